The van der Waals surface area contributed by atoms with Crippen LogP contribution >= 0.6 is 22.0 Å². The number of carbonyl (C=O) groups is 1. The maximum absolute atomic E-state index is 11.8. The number of anilines is 1. The average Bonchev–Trinajstić information content (AvgIpc) is 2.60. The molecular formula is C10H15ClN2O3S2. The minimum Gasteiger partial charge on any atom is -0.302 e. The molecule has 1 heterocycles. The summed E-state index contributed by atoms with van der Waals surface area (Å²) in [4.78, 5) is 15.8. The molecule has 0 aromatic carbocycles. The van der Waals surface area contributed by atoms with Crippen LogP contribution in [0.15, 0.2) is 4.21 Å². The number of nitrogens with one attached hydrogen (secondary N) is 1. The highest BCUT2D eigenvalue weighted by molar-refractivity contribution is 8.15. The number of halogens is 1. The molecule has 1 amide bonds. The van der Waals surface area contributed by atoms with Crippen molar-refractivity contribution in [2.45, 2.75) is 37.8 Å². The second-order valence-electron chi connectivity index (χ2n) is 3.83. The van der Waals surface area contributed by atoms with Crippen molar-refractivity contribution >= 4 is 42.1 Å². The lowest BCUT2D eigenvalue weighted by molar-refractivity contribution is -0.120. The minimum atomic E-state index is -3.80. The molecule has 0 saturated heterocycles. The van der Waals surface area contributed by atoms with Gasteiger partial charge in [-0.3, -0.25) is 4.79 Å². The Morgan fingerprint density at radius 3 is 2.39 bits per heavy atom. The molecule has 0 fully saturated rings. The molecular weight excluding hydrogens is 296 g/mol. The van der Waals surface area contributed by atoms with E-state index in [-0.39, 0.29) is 21.2 Å². The Morgan fingerprint density at radius 1 is 1.44 bits per heavy atom. The van der Waals surface area contributed by atoms with Crippen molar-refractivity contribution in [3.8, 4) is 0 Å². The summed E-state index contributed by atoms with van der Waals surface area (Å²) in [5.74, 6) is -0.238. The molecule has 1 aromatic rings. The van der Waals surface area contributed by atoms with Gasteiger partial charge in [0, 0.05) is 16.6 Å². The Hall–Kier alpha value is -0.660. The van der Waals surface area contributed by atoms with Crippen LogP contribution in [-0.4, -0.2) is 19.3 Å². The van der Waals surface area contributed by atoms with E-state index in [1.54, 1.807) is 6.92 Å². The number of thiazole rings is 1. The highest BCUT2D eigenvalue weighted by atomic mass is 35.7. The first-order valence-electron chi connectivity index (χ1n) is 5.52. The fourth-order valence-electron chi connectivity index (χ4n) is 1.53. The summed E-state index contributed by atoms with van der Waals surface area (Å²) in [6.07, 6.45) is 1.46. The topological polar surface area (TPSA) is 76.1 Å². The highest BCUT2D eigenvalue weighted by Gasteiger charge is 2.21. The number of carbonyl (C=O) groups excluding carboxylic acids is 1. The number of amides is 1. The van der Waals surface area contributed by atoms with E-state index in [0.717, 1.165) is 24.2 Å². The van der Waals surface area contributed by atoms with Crippen LogP contribution in [0, 0.1) is 12.8 Å². The molecule has 0 unspecified atom stereocenters. The third-order valence-corrected chi connectivity index (χ3v) is 5.81. The first-order chi connectivity index (χ1) is 8.29. The van der Waals surface area contributed by atoms with E-state index in [2.05, 4.69) is 10.3 Å². The maximum atomic E-state index is 11.8. The van der Waals surface area contributed by atoms with E-state index in [1.165, 1.54) is 0 Å². The molecule has 1 rings (SSSR count). The van der Waals surface area contributed by atoms with Gasteiger partial charge in [-0.25, -0.2) is 13.4 Å². The quantitative estimate of drug-likeness (QED) is 0.848. The minimum absolute atomic E-state index is 0.0241. The van der Waals surface area contributed by atoms with Gasteiger partial charge in [0.2, 0.25) is 5.91 Å². The summed E-state index contributed by atoms with van der Waals surface area (Å²) in [6, 6.07) is 0. The van der Waals surface area contributed by atoms with Gasteiger partial charge < -0.3 is 5.32 Å². The highest BCUT2D eigenvalue weighted by Crippen LogP contribution is 2.30. The van der Waals surface area contributed by atoms with Crippen LogP contribution < -0.4 is 5.32 Å². The Morgan fingerprint density at radius 2 is 2.00 bits per heavy atom. The number of aryl methyl sites for hydroxylation is 1. The molecule has 0 aliphatic rings. The third kappa shape index (κ3) is 3.66. The zero-order valence-corrected chi connectivity index (χ0v) is 12.7. The number of nitrogens with zero attached hydrogens (tertiary/aromatic N) is 1. The van der Waals surface area contributed by atoms with E-state index in [0.29, 0.717) is 5.69 Å². The molecule has 5 nitrogen and oxygen atoms in total. The van der Waals surface area contributed by atoms with Gasteiger partial charge in [0.1, 0.15) is 0 Å². The van der Waals surface area contributed by atoms with Crippen LogP contribution in [0.2, 0.25) is 0 Å². The fourth-order valence-corrected chi connectivity index (χ4v) is 3.88. The third-order valence-electron chi connectivity index (χ3n) is 2.56. The smallest absolute Gasteiger partial charge is 0.272 e. The van der Waals surface area contributed by atoms with E-state index >= 15 is 0 Å². The summed E-state index contributed by atoms with van der Waals surface area (Å²) in [5.41, 5.74) is 0.301. The molecule has 0 saturated carbocycles. The molecule has 0 aliphatic carbocycles. The first kappa shape index (κ1) is 15.4. The Balaban J connectivity index is 2.91. The summed E-state index contributed by atoms with van der Waals surface area (Å²) >= 11 is 0.870. The van der Waals surface area contributed by atoms with Gasteiger partial charge in [-0.05, 0) is 19.8 Å². The van der Waals surface area contributed by atoms with Crippen LogP contribution in [0.3, 0.4) is 0 Å². The van der Waals surface area contributed by atoms with Crippen LogP contribution in [0.1, 0.15) is 32.4 Å². The average molecular weight is 311 g/mol. The van der Waals surface area contributed by atoms with Crippen molar-refractivity contribution in [3.05, 3.63) is 5.69 Å². The molecule has 0 bridgehead atoms. The van der Waals surface area contributed by atoms with E-state index < -0.39 is 9.05 Å². The zero-order chi connectivity index (χ0) is 13.9. The first-order valence-corrected chi connectivity index (χ1v) is 8.65. The van der Waals surface area contributed by atoms with Crippen molar-refractivity contribution in [3.63, 3.8) is 0 Å². The molecule has 0 atom stereocenters. The number of hydrogen-bond donors (Lipinski definition) is 1. The summed E-state index contributed by atoms with van der Waals surface area (Å²) in [6.45, 7) is 5.39. The zero-order valence-electron chi connectivity index (χ0n) is 10.4. The molecule has 0 aliphatic heterocycles. The number of hydrogen-bond acceptors (Lipinski definition) is 5. The Kier molecular flexibility index (Phi) is 5.12. The van der Waals surface area contributed by atoms with Crippen LogP contribution in [0.4, 0.5) is 5.13 Å². The van der Waals surface area contributed by atoms with Crippen molar-refractivity contribution in [2.24, 2.45) is 5.92 Å². The van der Waals surface area contributed by atoms with Crippen LogP contribution in [0.25, 0.3) is 0 Å². The molecule has 18 heavy (non-hydrogen) atoms. The van der Waals surface area contributed by atoms with Gasteiger partial charge in [0.05, 0.1) is 5.69 Å². The lowest BCUT2D eigenvalue weighted by Crippen LogP contribution is -2.21. The molecule has 8 heteroatoms. The van der Waals surface area contributed by atoms with E-state index in [1.807, 2.05) is 13.8 Å². The van der Waals surface area contributed by atoms with Crippen LogP contribution in [0.5, 0.6) is 0 Å². The van der Waals surface area contributed by atoms with Crippen molar-refractivity contribution in [2.75, 3.05) is 5.32 Å². The van der Waals surface area contributed by atoms with E-state index in [4.69, 9.17) is 10.7 Å². The molecule has 1 N–H and O–H groups in total. The molecule has 0 spiro atoms. The Labute approximate surface area is 115 Å². The maximum Gasteiger partial charge on any atom is 0.272 e. The molecule has 102 valence electrons. The normalized spacial score (nSPS) is 11.8. The summed E-state index contributed by atoms with van der Waals surface area (Å²) in [5, 5.41) is 2.89. The van der Waals surface area contributed by atoms with Gasteiger partial charge in [-0.1, -0.05) is 25.2 Å². The van der Waals surface area contributed by atoms with Crippen LogP contribution in [-0.2, 0) is 13.8 Å². The predicted molar refractivity (Wildman–Crippen MR) is 72.6 cm³/mol. The largest absolute Gasteiger partial charge is 0.302 e. The van der Waals surface area contributed by atoms with E-state index in [9.17, 15) is 13.2 Å². The number of aromatic nitrogens is 1. The van der Waals surface area contributed by atoms with Gasteiger partial charge in [-0.15, -0.1) is 0 Å². The second-order valence-corrected chi connectivity index (χ2v) is 7.59. The number of rotatable bonds is 5. The standard InChI is InChI=1S/C10H15ClN2O3S2/c1-4-7(5-2)8(14)13-10-12-6(3)9(17-10)18(11,15)16/h7H,4-5H2,1-3H3,(H,12,13,14). The second kappa shape index (κ2) is 5.99. The molecule has 0 radical (unpaired) electrons. The van der Waals surface area contributed by atoms with Gasteiger partial charge in [0.15, 0.2) is 9.34 Å². The van der Waals surface area contributed by atoms with Crippen molar-refractivity contribution < 1.29 is 13.2 Å². The van der Waals surface area contributed by atoms with Gasteiger partial charge in [-0.2, -0.15) is 0 Å². The molecule has 1 aromatic heterocycles. The fraction of sp³-hybridized carbons (Fsp3) is 0.600. The predicted octanol–water partition coefficient (Wildman–Crippen LogP) is 2.75. The lowest BCUT2D eigenvalue weighted by atomic mass is 10.0. The Bertz CT molecular complexity index is 535. The van der Waals surface area contributed by atoms with Gasteiger partial charge in [0.25, 0.3) is 9.05 Å². The van der Waals surface area contributed by atoms with Crippen molar-refractivity contribution in [1.82, 2.24) is 4.98 Å². The summed E-state index contributed by atoms with van der Waals surface area (Å²) in [7, 11) is 1.46. The van der Waals surface area contributed by atoms with Crippen molar-refractivity contribution in [1.29, 1.82) is 0 Å². The monoisotopic (exact) mass is 310 g/mol. The SMILES string of the molecule is CCC(CC)C(=O)Nc1nc(C)c(S(=O)(=O)Cl)s1. The lowest BCUT2D eigenvalue weighted by Gasteiger charge is -2.10. The van der Waals surface area contributed by atoms with Gasteiger partial charge >= 0.3 is 0 Å². The summed E-state index contributed by atoms with van der Waals surface area (Å²) < 4.78 is 22.4.